The van der Waals surface area contributed by atoms with Crippen molar-refractivity contribution in [2.24, 2.45) is 13.0 Å². The molecule has 1 fully saturated rings. The van der Waals surface area contributed by atoms with Crippen molar-refractivity contribution in [1.29, 1.82) is 0 Å². The summed E-state index contributed by atoms with van der Waals surface area (Å²) in [5.41, 5.74) is -0.218. The fourth-order valence-electron chi connectivity index (χ4n) is 2.96. The highest BCUT2D eigenvalue weighted by Gasteiger charge is 2.24. The Labute approximate surface area is 149 Å². The van der Waals surface area contributed by atoms with E-state index in [9.17, 15) is 14.4 Å². The van der Waals surface area contributed by atoms with Crippen LogP contribution in [0.15, 0.2) is 40.1 Å². The Morgan fingerprint density at radius 2 is 2.20 bits per heavy atom. The van der Waals surface area contributed by atoms with E-state index < -0.39 is 17.2 Å². The van der Waals surface area contributed by atoms with Crippen molar-refractivity contribution in [3.8, 4) is 0 Å². The molecule has 1 amide bonds. The van der Waals surface area contributed by atoms with Crippen LogP contribution >= 0.6 is 11.6 Å². The molecule has 7 nitrogen and oxygen atoms in total. The summed E-state index contributed by atoms with van der Waals surface area (Å²) in [6, 6.07) is 7.69. The number of amides is 1. The summed E-state index contributed by atoms with van der Waals surface area (Å²) in [5, 5.41) is 3.48. The molecule has 0 saturated carbocycles. The Hall–Kier alpha value is -2.54. The molecule has 1 aromatic heterocycles. The lowest BCUT2D eigenvalue weighted by Gasteiger charge is -2.19. The van der Waals surface area contributed by atoms with Gasteiger partial charge in [0.15, 0.2) is 0 Å². The van der Waals surface area contributed by atoms with Crippen LogP contribution in [-0.2, 0) is 7.05 Å². The Kier molecular flexibility index (Phi) is 4.94. The molecular formula is C17H19ClN4O3. The zero-order chi connectivity index (χ0) is 18.0. The minimum atomic E-state index is -0.674. The second-order valence-electron chi connectivity index (χ2n) is 6.20. The average molecular weight is 363 g/mol. The van der Waals surface area contributed by atoms with Crippen LogP contribution in [0, 0.1) is 5.92 Å². The van der Waals surface area contributed by atoms with Gasteiger partial charge < -0.3 is 14.8 Å². The smallest absolute Gasteiger partial charge is 0.328 e. The fraction of sp³-hybridized carbons (Fsp3) is 0.353. The first kappa shape index (κ1) is 17.3. The van der Waals surface area contributed by atoms with E-state index in [1.165, 1.54) is 17.8 Å². The van der Waals surface area contributed by atoms with Crippen LogP contribution in [0.3, 0.4) is 0 Å². The normalized spacial score (nSPS) is 16.9. The van der Waals surface area contributed by atoms with Gasteiger partial charge in [-0.1, -0.05) is 17.7 Å². The average Bonchev–Trinajstić information content (AvgIpc) is 3.05. The van der Waals surface area contributed by atoms with Crippen molar-refractivity contribution in [2.45, 2.75) is 6.42 Å². The molecule has 25 heavy (non-hydrogen) atoms. The molecule has 2 aromatic rings. The maximum atomic E-state index is 12.2. The molecule has 0 bridgehead atoms. The molecule has 2 N–H and O–H groups in total. The van der Waals surface area contributed by atoms with Gasteiger partial charge in [-0.2, -0.15) is 0 Å². The van der Waals surface area contributed by atoms with Gasteiger partial charge in [0.2, 0.25) is 0 Å². The molecule has 0 radical (unpaired) electrons. The Morgan fingerprint density at radius 1 is 1.40 bits per heavy atom. The molecule has 1 aliphatic heterocycles. The molecule has 1 aromatic carbocycles. The Bertz CT molecular complexity index is 905. The predicted octanol–water partition coefficient (Wildman–Crippen LogP) is 0.983. The van der Waals surface area contributed by atoms with E-state index >= 15 is 0 Å². The molecule has 1 unspecified atom stereocenters. The van der Waals surface area contributed by atoms with Crippen molar-refractivity contribution in [3.63, 3.8) is 0 Å². The summed E-state index contributed by atoms with van der Waals surface area (Å²) in [4.78, 5) is 39.6. The first-order valence-corrected chi connectivity index (χ1v) is 8.40. The number of anilines is 1. The zero-order valence-corrected chi connectivity index (χ0v) is 14.5. The highest BCUT2D eigenvalue weighted by Crippen LogP contribution is 2.25. The summed E-state index contributed by atoms with van der Waals surface area (Å²) in [6.07, 6.45) is 2.19. The molecule has 132 valence electrons. The van der Waals surface area contributed by atoms with E-state index in [2.05, 4.69) is 15.2 Å². The van der Waals surface area contributed by atoms with Crippen LogP contribution in [-0.4, -0.2) is 35.1 Å². The molecule has 1 aliphatic rings. The van der Waals surface area contributed by atoms with E-state index in [1.54, 1.807) is 0 Å². The van der Waals surface area contributed by atoms with E-state index in [4.69, 9.17) is 11.6 Å². The fourth-order valence-corrected chi connectivity index (χ4v) is 3.15. The van der Waals surface area contributed by atoms with Gasteiger partial charge in [0.1, 0.15) is 5.56 Å². The van der Waals surface area contributed by atoms with Crippen LogP contribution in [0.1, 0.15) is 16.8 Å². The number of carbonyl (C=O) groups is 1. The van der Waals surface area contributed by atoms with Crippen LogP contribution in [0.2, 0.25) is 5.02 Å². The third-order valence-electron chi connectivity index (χ3n) is 4.36. The van der Waals surface area contributed by atoms with Crippen molar-refractivity contribution in [3.05, 3.63) is 61.9 Å². The van der Waals surface area contributed by atoms with Crippen molar-refractivity contribution in [2.75, 3.05) is 24.5 Å². The highest BCUT2D eigenvalue weighted by molar-refractivity contribution is 6.30. The van der Waals surface area contributed by atoms with Gasteiger partial charge in [-0.15, -0.1) is 0 Å². The predicted molar refractivity (Wildman–Crippen MR) is 96.4 cm³/mol. The van der Waals surface area contributed by atoms with E-state index in [0.717, 1.165) is 25.2 Å². The first-order chi connectivity index (χ1) is 11.9. The first-order valence-electron chi connectivity index (χ1n) is 8.02. The minimum absolute atomic E-state index is 0.0632. The van der Waals surface area contributed by atoms with E-state index in [0.29, 0.717) is 11.6 Å². The van der Waals surface area contributed by atoms with Crippen LogP contribution < -0.4 is 21.5 Å². The summed E-state index contributed by atoms with van der Waals surface area (Å²) in [6.45, 7) is 2.17. The van der Waals surface area contributed by atoms with Gasteiger partial charge >= 0.3 is 5.69 Å². The van der Waals surface area contributed by atoms with Gasteiger partial charge in [0, 0.05) is 43.6 Å². The van der Waals surface area contributed by atoms with Crippen LogP contribution in [0.4, 0.5) is 5.69 Å². The third-order valence-corrected chi connectivity index (χ3v) is 4.60. The molecule has 0 spiro atoms. The number of nitrogens with zero attached hydrogens (tertiary/aromatic N) is 2. The number of hydrogen-bond acceptors (Lipinski definition) is 4. The molecule has 0 aliphatic carbocycles. The summed E-state index contributed by atoms with van der Waals surface area (Å²) < 4.78 is 1.17. The monoisotopic (exact) mass is 362 g/mol. The quantitative estimate of drug-likeness (QED) is 0.849. The van der Waals surface area contributed by atoms with Gasteiger partial charge in [0.05, 0.1) is 0 Å². The number of aromatic amines is 1. The van der Waals surface area contributed by atoms with E-state index in [-0.39, 0.29) is 11.5 Å². The number of carbonyl (C=O) groups excluding carboxylic acids is 1. The highest BCUT2D eigenvalue weighted by atomic mass is 35.5. The lowest BCUT2D eigenvalue weighted by Crippen LogP contribution is -2.38. The summed E-state index contributed by atoms with van der Waals surface area (Å²) in [7, 11) is 1.48. The molecule has 8 heteroatoms. The number of H-pyrrole nitrogens is 1. The Balaban J connectivity index is 1.60. The number of rotatable bonds is 4. The van der Waals surface area contributed by atoms with Gasteiger partial charge in [-0.05, 0) is 30.5 Å². The van der Waals surface area contributed by atoms with Crippen LogP contribution in [0.5, 0.6) is 0 Å². The number of hydrogen-bond donors (Lipinski definition) is 2. The second kappa shape index (κ2) is 7.14. The standard InChI is InChI=1S/C17H19ClN4O3/c1-21-10-14(16(24)20-17(21)25)15(23)19-8-11-5-6-22(9-11)13-4-2-3-12(18)7-13/h2-4,7,10-11H,5-6,8-9H2,1H3,(H,19,23)(H,20,24,25). The Morgan fingerprint density at radius 3 is 2.96 bits per heavy atom. The van der Waals surface area contributed by atoms with Crippen molar-refractivity contribution >= 4 is 23.2 Å². The third kappa shape index (κ3) is 3.93. The second-order valence-corrected chi connectivity index (χ2v) is 6.64. The lowest BCUT2D eigenvalue weighted by atomic mass is 10.1. The summed E-state index contributed by atoms with van der Waals surface area (Å²) >= 11 is 6.03. The number of halogens is 1. The molecule has 1 atom stereocenters. The minimum Gasteiger partial charge on any atom is -0.371 e. The van der Waals surface area contributed by atoms with Gasteiger partial charge in [-0.3, -0.25) is 14.6 Å². The van der Waals surface area contributed by atoms with Crippen LogP contribution in [0.25, 0.3) is 0 Å². The number of benzene rings is 1. The number of aryl methyl sites for hydroxylation is 1. The molecule has 1 saturated heterocycles. The van der Waals surface area contributed by atoms with Crippen molar-refractivity contribution in [1.82, 2.24) is 14.9 Å². The topological polar surface area (TPSA) is 87.2 Å². The van der Waals surface area contributed by atoms with Gasteiger partial charge in [-0.25, -0.2) is 4.79 Å². The number of nitrogens with one attached hydrogen (secondary N) is 2. The molecule has 3 rings (SSSR count). The van der Waals surface area contributed by atoms with Gasteiger partial charge in [0.25, 0.3) is 11.5 Å². The molecule has 2 heterocycles. The zero-order valence-electron chi connectivity index (χ0n) is 13.8. The maximum Gasteiger partial charge on any atom is 0.328 e. The van der Waals surface area contributed by atoms with Crippen molar-refractivity contribution < 1.29 is 4.79 Å². The lowest BCUT2D eigenvalue weighted by molar-refractivity contribution is 0.0945. The maximum absolute atomic E-state index is 12.2. The molecular weight excluding hydrogens is 344 g/mol. The number of aromatic nitrogens is 2. The summed E-state index contributed by atoms with van der Waals surface area (Å²) in [5.74, 6) is -0.187. The SMILES string of the molecule is Cn1cc(C(=O)NCC2CCN(c3cccc(Cl)c3)C2)c(=O)[nH]c1=O. The largest absolute Gasteiger partial charge is 0.371 e. The van der Waals surface area contributed by atoms with E-state index in [1.807, 2.05) is 24.3 Å².